The third-order valence-corrected chi connectivity index (χ3v) is 4.57. The van der Waals surface area contributed by atoms with Gasteiger partial charge >= 0.3 is 0 Å². The fraction of sp³-hybridized carbons (Fsp3) is 0.533. The lowest BCUT2D eigenvalue weighted by molar-refractivity contribution is -0.121. The molecule has 104 valence electrons. The Hall–Kier alpha value is -0.730. The molecule has 1 fully saturated rings. The highest BCUT2D eigenvalue weighted by Crippen LogP contribution is 2.26. The third kappa shape index (κ3) is 3.87. The van der Waals surface area contributed by atoms with Gasteiger partial charge in [-0.3, -0.25) is 4.79 Å². The van der Waals surface area contributed by atoms with E-state index in [0.29, 0.717) is 27.6 Å². The van der Waals surface area contributed by atoms with Gasteiger partial charge in [0.15, 0.2) is 0 Å². The van der Waals surface area contributed by atoms with Crippen LogP contribution >= 0.6 is 23.2 Å². The van der Waals surface area contributed by atoms with Crippen molar-refractivity contribution in [2.24, 2.45) is 5.92 Å². The van der Waals surface area contributed by atoms with Crippen LogP contribution < -0.4 is 5.32 Å². The number of hydrogen-bond donors (Lipinski definition) is 1. The molecule has 1 aliphatic rings. The zero-order valence-electron chi connectivity index (χ0n) is 11.1. The van der Waals surface area contributed by atoms with Crippen LogP contribution in [0.4, 0.5) is 0 Å². The Labute approximate surface area is 124 Å². The molecule has 1 aromatic rings. The molecule has 1 N–H and O–H groups in total. The van der Waals surface area contributed by atoms with E-state index in [0.717, 1.165) is 6.42 Å². The summed E-state index contributed by atoms with van der Waals surface area (Å²) in [6, 6.07) is 5.61. The number of halogens is 2. The zero-order chi connectivity index (χ0) is 13.8. The van der Waals surface area contributed by atoms with Crippen molar-refractivity contribution >= 4 is 29.1 Å². The maximum absolute atomic E-state index is 12.1. The molecule has 0 unspecified atom stereocenters. The van der Waals surface area contributed by atoms with Crippen LogP contribution in [0.2, 0.25) is 10.0 Å². The quantitative estimate of drug-likeness (QED) is 0.889. The molecule has 0 aliphatic heterocycles. The van der Waals surface area contributed by atoms with E-state index in [1.54, 1.807) is 18.2 Å². The van der Waals surface area contributed by atoms with Gasteiger partial charge in [0.05, 0.1) is 6.42 Å². The highest BCUT2D eigenvalue weighted by atomic mass is 35.5. The molecule has 2 nitrogen and oxygen atoms in total. The summed E-state index contributed by atoms with van der Waals surface area (Å²) in [6.07, 6.45) is 4.98. The monoisotopic (exact) mass is 299 g/mol. The number of carbonyl (C=O) groups excluding carboxylic acids is 1. The molecule has 1 aromatic carbocycles. The molecule has 2 rings (SSSR count). The van der Waals surface area contributed by atoms with E-state index in [1.165, 1.54) is 19.3 Å². The van der Waals surface area contributed by atoms with Crippen LogP contribution in [0.1, 0.15) is 38.2 Å². The second kappa shape index (κ2) is 6.62. The van der Waals surface area contributed by atoms with Crippen LogP contribution in [-0.4, -0.2) is 11.9 Å². The van der Waals surface area contributed by atoms with E-state index < -0.39 is 0 Å². The summed E-state index contributed by atoms with van der Waals surface area (Å²) in [6.45, 7) is 2.20. The van der Waals surface area contributed by atoms with Crippen LogP contribution in [-0.2, 0) is 11.2 Å². The smallest absolute Gasteiger partial charge is 0.224 e. The third-order valence-electron chi connectivity index (χ3n) is 3.86. The summed E-state index contributed by atoms with van der Waals surface area (Å²) < 4.78 is 0. The highest BCUT2D eigenvalue weighted by molar-refractivity contribution is 6.36. The second-order valence-corrected chi connectivity index (χ2v) is 6.13. The van der Waals surface area contributed by atoms with E-state index in [9.17, 15) is 4.79 Å². The first-order valence-electron chi connectivity index (χ1n) is 6.80. The topological polar surface area (TPSA) is 29.1 Å². The number of amides is 1. The Bertz CT molecular complexity index is 441. The van der Waals surface area contributed by atoms with Crippen molar-refractivity contribution in [3.05, 3.63) is 33.8 Å². The summed E-state index contributed by atoms with van der Waals surface area (Å²) in [5.41, 5.74) is 0.715. The van der Waals surface area contributed by atoms with Crippen molar-refractivity contribution in [3.8, 4) is 0 Å². The van der Waals surface area contributed by atoms with Gasteiger partial charge in [0.2, 0.25) is 5.91 Å². The number of hydrogen-bond acceptors (Lipinski definition) is 1. The molecule has 0 heterocycles. The van der Waals surface area contributed by atoms with Gasteiger partial charge in [0.1, 0.15) is 0 Å². The van der Waals surface area contributed by atoms with Crippen LogP contribution in [0.15, 0.2) is 18.2 Å². The lowest BCUT2D eigenvalue weighted by Crippen LogP contribution is -2.41. The van der Waals surface area contributed by atoms with Gasteiger partial charge < -0.3 is 5.32 Å². The number of carbonyl (C=O) groups is 1. The number of rotatable bonds is 3. The summed E-state index contributed by atoms with van der Waals surface area (Å²) in [5, 5.41) is 4.23. The van der Waals surface area contributed by atoms with Crippen molar-refractivity contribution in [1.82, 2.24) is 5.32 Å². The molecule has 0 bridgehead atoms. The van der Waals surface area contributed by atoms with Crippen LogP contribution in [0.25, 0.3) is 0 Å². The Morgan fingerprint density at radius 3 is 2.53 bits per heavy atom. The SMILES string of the molecule is C[C@H]1CCCC[C@H]1NC(=O)Cc1c(Cl)cccc1Cl. The van der Waals surface area contributed by atoms with Crippen LogP contribution in [0, 0.1) is 5.92 Å². The van der Waals surface area contributed by atoms with Crippen molar-refractivity contribution in [2.45, 2.75) is 45.1 Å². The summed E-state index contributed by atoms with van der Waals surface area (Å²) >= 11 is 12.2. The normalized spacial score (nSPS) is 23.1. The van der Waals surface area contributed by atoms with Crippen LogP contribution in [0.5, 0.6) is 0 Å². The maximum Gasteiger partial charge on any atom is 0.224 e. The van der Waals surface area contributed by atoms with Gasteiger partial charge in [-0.2, -0.15) is 0 Å². The van der Waals surface area contributed by atoms with Crippen molar-refractivity contribution in [2.75, 3.05) is 0 Å². The van der Waals surface area contributed by atoms with Gasteiger partial charge in [-0.15, -0.1) is 0 Å². The first-order valence-corrected chi connectivity index (χ1v) is 7.55. The molecule has 0 aromatic heterocycles. The molecule has 2 atom stereocenters. The Balaban J connectivity index is 1.97. The fourth-order valence-electron chi connectivity index (χ4n) is 2.65. The molecule has 19 heavy (non-hydrogen) atoms. The predicted octanol–water partition coefficient (Wildman–Crippen LogP) is 4.23. The molecular weight excluding hydrogens is 281 g/mol. The van der Waals surface area contributed by atoms with Gasteiger partial charge in [-0.25, -0.2) is 0 Å². The van der Waals surface area contributed by atoms with E-state index in [-0.39, 0.29) is 12.3 Å². The predicted molar refractivity (Wildman–Crippen MR) is 79.7 cm³/mol. The van der Waals surface area contributed by atoms with Crippen molar-refractivity contribution in [1.29, 1.82) is 0 Å². The van der Waals surface area contributed by atoms with Crippen molar-refractivity contribution in [3.63, 3.8) is 0 Å². The van der Waals surface area contributed by atoms with Gasteiger partial charge in [-0.05, 0) is 36.5 Å². The molecule has 0 radical (unpaired) electrons. The van der Waals surface area contributed by atoms with E-state index in [1.807, 2.05) is 0 Å². The number of benzene rings is 1. The average Bonchev–Trinajstić information content (AvgIpc) is 2.37. The average molecular weight is 300 g/mol. The number of nitrogens with one attached hydrogen (secondary N) is 1. The molecule has 1 amide bonds. The summed E-state index contributed by atoms with van der Waals surface area (Å²) in [5.74, 6) is 0.563. The molecule has 0 saturated heterocycles. The first kappa shape index (κ1) is 14.7. The first-order chi connectivity index (χ1) is 9.08. The molecular formula is C15H19Cl2NO. The minimum absolute atomic E-state index is 0.00810. The molecule has 1 saturated carbocycles. The van der Waals surface area contributed by atoms with Crippen molar-refractivity contribution < 1.29 is 4.79 Å². The minimum Gasteiger partial charge on any atom is -0.353 e. The molecule has 1 aliphatic carbocycles. The Morgan fingerprint density at radius 1 is 1.26 bits per heavy atom. The van der Waals surface area contributed by atoms with E-state index in [4.69, 9.17) is 23.2 Å². The summed E-state index contributed by atoms with van der Waals surface area (Å²) in [7, 11) is 0. The molecule has 4 heteroatoms. The highest BCUT2D eigenvalue weighted by Gasteiger charge is 2.23. The second-order valence-electron chi connectivity index (χ2n) is 5.31. The molecule has 0 spiro atoms. The zero-order valence-corrected chi connectivity index (χ0v) is 12.6. The van der Waals surface area contributed by atoms with Crippen LogP contribution in [0.3, 0.4) is 0 Å². The lowest BCUT2D eigenvalue weighted by atomic mass is 9.86. The lowest BCUT2D eigenvalue weighted by Gasteiger charge is -2.29. The largest absolute Gasteiger partial charge is 0.353 e. The summed E-state index contributed by atoms with van der Waals surface area (Å²) in [4.78, 5) is 12.1. The van der Waals surface area contributed by atoms with E-state index >= 15 is 0 Å². The Morgan fingerprint density at radius 2 is 1.89 bits per heavy atom. The van der Waals surface area contributed by atoms with Gasteiger partial charge in [0, 0.05) is 16.1 Å². The fourth-order valence-corrected chi connectivity index (χ4v) is 3.18. The standard InChI is InChI=1S/C15H19Cl2NO/c1-10-5-2-3-8-14(10)18-15(19)9-11-12(16)6-4-7-13(11)17/h4,6-7,10,14H,2-3,5,8-9H2,1H3,(H,18,19)/t10-,14+/m0/s1. The van der Waals surface area contributed by atoms with Gasteiger partial charge in [0.25, 0.3) is 0 Å². The van der Waals surface area contributed by atoms with E-state index in [2.05, 4.69) is 12.2 Å². The van der Waals surface area contributed by atoms with Gasteiger partial charge in [-0.1, -0.05) is 49.0 Å². The maximum atomic E-state index is 12.1. The Kier molecular flexibility index (Phi) is 5.12. The minimum atomic E-state index is 0.00810.